The molecule has 0 aliphatic rings. The topological polar surface area (TPSA) is 47.8 Å². The van der Waals surface area contributed by atoms with Gasteiger partial charge in [-0.05, 0) is 24.6 Å². The summed E-state index contributed by atoms with van der Waals surface area (Å²) < 4.78 is 1.86. The highest BCUT2D eigenvalue weighted by molar-refractivity contribution is 7.13. The normalized spacial score (nSPS) is 11.0. The maximum Gasteiger partial charge on any atom is 0.123 e. The molecule has 0 fully saturated rings. The molecule has 3 rings (SSSR count). The molecule has 0 bridgehead atoms. The quantitative estimate of drug-likeness (QED) is 0.685. The Bertz CT molecular complexity index is 729. The van der Waals surface area contributed by atoms with Crippen LogP contribution in [-0.2, 0) is 18.3 Å². The zero-order chi connectivity index (χ0) is 13.2. The van der Waals surface area contributed by atoms with Crippen molar-refractivity contribution in [1.29, 1.82) is 0 Å². The first-order chi connectivity index (χ1) is 9.28. The highest BCUT2D eigenvalue weighted by atomic mass is 32.1. The maximum absolute atomic E-state index is 10.4. The first-order valence-electron chi connectivity index (χ1n) is 6.08. The lowest BCUT2D eigenvalue weighted by Gasteiger charge is -1.98. The summed E-state index contributed by atoms with van der Waals surface area (Å²) in [4.78, 5) is 14.9. The van der Waals surface area contributed by atoms with Crippen molar-refractivity contribution in [2.24, 2.45) is 7.05 Å². The van der Waals surface area contributed by atoms with Crippen LogP contribution in [0.4, 0.5) is 0 Å². The van der Waals surface area contributed by atoms with Gasteiger partial charge in [0.15, 0.2) is 0 Å². The number of aldehydes is 1. The van der Waals surface area contributed by atoms with E-state index in [0.717, 1.165) is 39.9 Å². The van der Waals surface area contributed by atoms with Gasteiger partial charge in [-0.3, -0.25) is 4.68 Å². The Labute approximate surface area is 114 Å². The number of aryl methyl sites for hydroxylation is 2. The summed E-state index contributed by atoms with van der Waals surface area (Å²) in [5, 5.41) is 8.36. The van der Waals surface area contributed by atoms with Crippen LogP contribution in [-0.4, -0.2) is 21.1 Å². The minimum atomic E-state index is 0.533. The van der Waals surface area contributed by atoms with Crippen molar-refractivity contribution in [3.63, 3.8) is 0 Å². The molecule has 0 saturated carbocycles. The predicted molar refractivity (Wildman–Crippen MR) is 76.2 cm³/mol. The number of carbonyl (C=O) groups is 1. The van der Waals surface area contributed by atoms with Crippen molar-refractivity contribution in [3.05, 3.63) is 35.5 Å². The van der Waals surface area contributed by atoms with Crippen molar-refractivity contribution >= 4 is 28.5 Å². The molecule has 2 heterocycles. The third kappa shape index (κ3) is 2.29. The van der Waals surface area contributed by atoms with Crippen molar-refractivity contribution in [2.75, 3.05) is 0 Å². The number of thiazole rings is 1. The summed E-state index contributed by atoms with van der Waals surface area (Å²) in [6.07, 6.45) is 4.04. The lowest BCUT2D eigenvalue weighted by Crippen LogP contribution is -1.88. The average molecular weight is 271 g/mol. The lowest BCUT2D eigenvalue weighted by atomic mass is 10.1. The van der Waals surface area contributed by atoms with Gasteiger partial charge < -0.3 is 4.79 Å². The molecular formula is C14H13N3OS. The Kier molecular flexibility index (Phi) is 3.13. The Morgan fingerprint density at radius 3 is 3.16 bits per heavy atom. The molecule has 0 atom stereocenters. The van der Waals surface area contributed by atoms with E-state index in [2.05, 4.69) is 28.3 Å². The number of benzene rings is 1. The third-order valence-electron chi connectivity index (χ3n) is 3.06. The highest BCUT2D eigenvalue weighted by Crippen LogP contribution is 2.27. The van der Waals surface area contributed by atoms with Gasteiger partial charge in [-0.15, -0.1) is 11.3 Å². The van der Waals surface area contributed by atoms with E-state index in [-0.39, 0.29) is 0 Å². The van der Waals surface area contributed by atoms with E-state index in [1.54, 1.807) is 11.3 Å². The Balaban J connectivity index is 1.94. The number of rotatable bonds is 4. The number of hydrogen-bond donors (Lipinski definition) is 0. The van der Waals surface area contributed by atoms with E-state index >= 15 is 0 Å². The first-order valence-corrected chi connectivity index (χ1v) is 6.96. The van der Waals surface area contributed by atoms with Crippen LogP contribution in [0.5, 0.6) is 0 Å². The molecule has 0 aliphatic heterocycles. The summed E-state index contributed by atoms with van der Waals surface area (Å²) in [7, 11) is 1.93. The molecule has 0 amide bonds. The van der Waals surface area contributed by atoms with Crippen molar-refractivity contribution < 1.29 is 4.79 Å². The predicted octanol–water partition coefficient (Wildman–Crippen LogP) is 2.83. The number of carbonyl (C=O) groups excluding carboxylic acids is 1. The van der Waals surface area contributed by atoms with Crippen LogP contribution in [0.1, 0.15) is 12.1 Å². The van der Waals surface area contributed by atoms with Gasteiger partial charge in [0.1, 0.15) is 11.3 Å². The van der Waals surface area contributed by atoms with E-state index in [1.807, 2.05) is 23.3 Å². The fraction of sp³-hybridized carbons (Fsp3) is 0.214. The Hall–Kier alpha value is -2.01. The molecule has 0 N–H and O–H groups in total. The zero-order valence-corrected chi connectivity index (χ0v) is 11.4. The van der Waals surface area contributed by atoms with Gasteiger partial charge in [0.25, 0.3) is 0 Å². The monoisotopic (exact) mass is 271 g/mol. The minimum Gasteiger partial charge on any atom is -0.303 e. The SMILES string of the molecule is Cn1ncc2cc(-c3nc(CCC=O)cs3)ccc21. The largest absolute Gasteiger partial charge is 0.303 e. The third-order valence-corrected chi connectivity index (χ3v) is 4.00. The van der Waals surface area contributed by atoms with E-state index in [1.165, 1.54) is 0 Å². The van der Waals surface area contributed by atoms with Crippen LogP contribution in [0.15, 0.2) is 29.8 Å². The van der Waals surface area contributed by atoms with Crippen molar-refractivity contribution in [2.45, 2.75) is 12.8 Å². The van der Waals surface area contributed by atoms with Gasteiger partial charge in [0.2, 0.25) is 0 Å². The fourth-order valence-corrected chi connectivity index (χ4v) is 2.91. The van der Waals surface area contributed by atoms with Crippen LogP contribution in [0.25, 0.3) is 21.5 Å². The molecule has 0 unspecified atom stereocenters. The molecule has 1 aromatic carbocycles. The second-order valence-corrected chi connectivity index (χ2v) is 5.25. The maximum atomic E-state index is 10.4. The lowest BCUT2D eigenvalue weighted by molar-refractivity contribution is -0.107. The van der Waals surface area contributed by atoms with Gasteiger partial charge >= 0.3 is 0 Å². The molecule has 0 saturated heterocycles. The van der Waals surface area contributed by atoms with E-state index in [9.17, 15) is 4.79 Å². The highest BCUT2D eigenvalue weighted by Gasteiger charge is 2.07. The van der Waals surface area contributed by atoms with Gasteiger partial charge in [0.05, 0.1) is 17.4 Å². The Morgan fingerprint density at radius 1 is 1.42 bits per heavy atom. The molecule has 4 nitrogen and oxygen atoms in total. The molecule has 5 heteroatoms. The van der Waals surface area contributed by atoms with Gasteiger partial charge in [-0.25, -0.2) is 4.98 Å². The van der Waals surface area contributed by atoms with Crippen molar-refractivity contribution in [3.8, 4) is 10.6 Å². The summed E-state index contributed by atoms with van der Waals surface area (Å²) in [5.74, 6) is 0. The summed E-state index contributed by atoms with van der Waals surface area (Å²) in [5.41, 5.74) is 3.20. The smallest absolute Gasteiger partial charge is 0.123 e. The first kappa shape index (κ1) is 12.0. The van der Waals surface area contributed by atoms with Crippen LogP contribution in [0.3, 0.4) is 0 Å². The van der Waals surface area contributed by atoms with Gasteiger partial charge in [-0.2, -0.15) is 5.10 Å². The molecule has 2 aromatic heterocycles. The zero-order valence-electron chi connectivity index (χ0n) is 10.5. The van der Waals surface area contributed by atoms with Crippen LogP contribution >= 0.6 is 11.3 Å². The number of nitrogens with zero attached hydrogens (tertiary/aromatic N) is 3. The molecule has 96 valence electrons. The molecular weight excluding hydrogens is 258 g/mol. The number of aromatic nitrogens is 3. The summed E-state index contributed by atoms with van der Waals surface area (Å²) >= 11 is 1.61. The van der Waals surface area contributed by atoms with Crippen molar-refractivity contribution in [1.82, 2.24) is 14.8 Å². The van der Waals surface area contributed by atoms with Crippen LogP contribution in [0, 0.1) is 0 Å². The molecule has 0 aliphatic carbocycles. The second kappa shape index (κ2) is 4.93. The van der Waals surface area contributed by atoms with Crippen LogP contribution in [0.2, 0.25) is 0 Å². The molecule has 0 spiro atoms. The van der Waals surface area contributed by atoms with Gasteiger partial charge in [0, 0.05) is 29.8 Å². The van der Waals surface area contributed by atoms with E-state index < -0.39 is 0 Å². The van der Waals surface area contributed by atoms with Crippen LogP contribution < -0.4 is 0 Å². The molecule has 3 aromatic rings. The number of hydrogen-bond acceptors (Lipinski definition) is 4. The fourth-order valence-electron chi connectivity index (χ4n) is 2.06. The molecule has 19 heavy (non-hydrogen) atoms. The van der Waals surface area contributed by atoms with E-state index in [0.29, 0.717) is 6.42 Å². The van der Waals surface area contributed by atoms with E-state index in [4.69, 9.17) is 0 Å². The Morgan fingerprint density at radius 2 is 2.32 bits per heavy atom. The number of fused-ring (bicyclic) bond motifs is 1. The standard InChI is InChI=1S/C14H13N3OS/c1-17-13-5-4-10(7-11(13)8-15-17)14-16-12(9-19-14)3-2-6-18/h4-9H,2-3H2,1H3. The average Bonchev–Trinajstić information content (AvgIpc) is 3.04. The summed E-state index contributed by atoms with van der Waals surface area (Å²) in [6, 6.07) is 6.22. The summed E-state index contributed by atoms with van der Waals surface area (Å²) in [6.45, 7) is 0. The van der Waals surface area contributed by atoms with Gasteiger partial charge in [-0.1, -0.05) is 0 Å². The minimum absolute atomic E-state index is 0.533. The molecule has 0 radical (unpaired) electrons. The second-order valence-electron chi connectivity index (χ2n) is 4.39.